The number of carbonyl (C=O) groups is 1. The van der Waals surface area contributed by atoms with Crippen LogP contribution in [0.15, 0.2) is 28.5 Å². The van der Waals surface area contributed by atoms with Gasteiger partial charge in [0.1, 0.15) is 5.69 Å². The molecule has 1 unspecified atom stereocenters. The van der Waals surface area contributed by atoms with Gasteiger partial charge in [-0.15, -0.1) is 23.1 Å². The highest BCUT2D eigenvalue weighted by atomic mass is 32.2. The average molecular weight is 372 g/mol. The second-order valence-corrected chi connectivity index (χ2v) is 8.15. The van der Waals surface area contributed by atoms with Crippen LogP contribution in [-0.4, -0.2) is 22.7 Å². The molecule has 2 heterocycles. The van der Waals surface area contributed by atoms with Crippen molar-refractivity contribution in [1.82, 2.24) is 4.98 Å². The van der Waals surface area contributed by atoms with Gasteiger partial charge < -0.3 is 4.90 Å². The molecule has 3 nitrogen and oxygen atoms in total. The molecule has 0 saturated carbocycles. The lowest BCUT2D eigenvalue weighted by Gasteiger charge is -2.22. The van der Waals surface area contributed by atoms with Gasteiger partial charge in [-0.25, -0.2) is 4.98 Å². The molecule has 8 heteroatoms. The molecule has 1 aliphatic rings. The largest absolute Gasteiger partial charge is 0.416 e. The van der Waals surface area contributed by atoms with Crippen LogP contribution >= 0.6 is 23.1 Å². The minimum atomic E-state index is -4.44. The number of benzene rings is 1. The van der Waals surface area contributed by atoms with E-state index in [0.717, 1.165) is 17.1 Å². The third-order valence-corrected chi connectivity index (χ3v) is 5.76. The number of thiazole rings is 1. The number of nitrogens with zero attached hydrogens (tertiary/aromatic N) is 2. The normalized spacial score (nSPS) is 18.2. The third kappa shape index (κ3) is 3.44. The maximum absolute atomic E-state index is 13.1. The monoisotopic (exact) mass is 372 g/mol. The zero-order valence-corrected chi connectivity index (χ0v) is 14.7. The second-order valence-electron chi connectivity index (χ2n) is 5.61. The summed E-state index contributed by atoms with van der Waals surface area (Å²) in [5.41, 5.74) is -0.154. The highest BCUT2D eigenvalue weighted by molar-refractivity contribution is 8.00. The number of aromatic nitrogens is 1. The molecule has 0 spiro atoms. The van der Waals surface area contributed by atoms with Crippen molar-refractivity contribution in [3.63, 3.8) is 0 Å². The van der Waals surface area contributed by atoms with Gasteiger partial charge in [-0.05, 0) is 31.5 Å². The average Bonchev–Trinajstić information content (AvgIpc) is 2.86. The zero-order chi connectivity index (χ0) is 17.5. The Hall–Kier alpha value is -1.54. The van der Waals surface area contributed by atoms with E-state index in [4.69, 9.17) is 0 Å². The number of amides is 1. The molecule has 0 N–H and O–H groups in total. The summed E-state index contributed by atoms with van der Waals surface area (Å²) in [6.07, 6.45) is -3.74. The highest BCUT2D eigenvalue weighted by Crippen LogP contribution is 2.41. The fourth-order valence-corrected chi connectivity index (χ4v) is 4.20. The van der Waals surface area contributed by atoms with Crippen molar-refractivity contribution >= 4 is 34.7 Å². The second kappa shape index (κ2) is 6.40. The van der Waals surface area contributed by atoms with Crippen molar-refractivity contribution in [3.05, 3.63) is 39.8 Å². The molecule has 1 aromatic carbocycles. The van der Waals surface area contributed by atoms with Crippen molar-refractivity contribution < 1.29 is 18.0 Å². The number of aryl methyl sites for hydroxylation is 1. The van der Waals surface area contributed by atoms with Crippen molar-refractivity contribution in [1.29, 1.82) is 0 Å². The number of alkyl halides is 3. The van der Waals surface area contributed by atoms with Crippen LogP contribution in [0.3, 0.4) is 0 Å². The van der Waals surface area contributed by atoms with Gasteiger partial charge in [0.2, 0.25) is 0 Å². The number of hydrogen-bond acceptors (Lipinski definition) is 4. The summed E-state index contributed by atoms with van der Waals surface area (Å²) in [5.74, 6) is -0.352. The first-order valence-corrected chi connectivity index (χ1v) is 9.13. The first kappa shape index (κ1) is 17.3. The first-order valence-electron chi connectivity index (χ1n) is 7.37. The Kier molecular flexibility index (Phi) is 4.61. The summed E-state index contributed by atoms with van der Waals surface area (Å²) in [6.45, 7) is 4.17. The van der Waals surface area contributed by atoms with E-state index in [1.807, 2.05) is 6.92 Å². The summed E-state index contributed by atoms with van der Waals surface area (Å²) < 4.78 is 39.2. The smallest absolute Gasteiger partial charge is 0.306 e. The van der Waals surface area contributed by atoms with E-state index >= 15 is 0 Å². The Morgan fingerprint density at radius 1 is 1.38 bits per heavy atom. The van der Waals surface area contributed by atoms with Crippen molar-refractivity contribution in [2.45, 2.75) is 36.6 Å². The Morgan fingerprint density at radius 2 is 2.12 bits per heavy atom. The van der Waals surface area contributed by atoms with Gasteiger partial charge in [0.15, 0.2) is 0 Å². The van der Waals surface area contributed by atoms with E-state index in [-0.39, 0.29) is 16.9 Å². The van der Waals surface area contributed by atoms with Gasteiger partial charge >= 0.3 is 6.18 Å². The van der Waals surface area contributed by atoms with Crippen LogP contribution in [0.25, 0.3) is 0 Å². The summed E-state index contributed by atoms with van der Waals surface area (Å²) in [6, 6.07) is 3.59. The van der Waals surface area contributed by atoms with Crippen LogP contribution < -0.4 is 4.90 Å². The number of anilines is 1. The maximum Gasteiger partial charge on any atom is 0.416 e. The number of fused-ring (bicyclic) bond motifs is 1. The maximum atomic E-state index is 13.1. The van der Waals surface area contributed by atoms with Crippen LogP contribution in [0, 0.1) is 6.92 Å². The van der Waals surface area contributed by atoms with Crippen LogP contribution in [0.5, 0.6) is 0 Å². The molecule has 3 rings (SSSR count). The first-order chi connectivity index (χ1) is 11.3. The van der Waals surface area contributed by atoms with Crippen LogP contribution in [0.4, 0.5) is 18.9 Å². The van der Waals surface area contributed by atoms with E-state index in [2.05, 4.69) is 4.98 Å². The SMILES string of the molecule is Cc1nc(C(=O)N2CCC(C)Sc3ccc(C(F)(F)F)cc32)cs1. The van der Waals surface area contributed by atoms with E-state index in [1.54, 1.807) is 12.3 Å². The molecule has 128 valence electrons. The Balaban J connectivity index is 2.06. The molecule has 1 atom stereocenters. The lowest BCUT2D eigenvalue weighted by molar-refractivity contribution is -0.137. The molecule has 0 fully saturated rings. The molecule has 1 amide bonds. The quantitative estimate of drug-likeness (QED) is 0.706. The van der Waals surface area contributed by atoms with Gasteiger partial charge in [-0.2, -0.15) is 13.2 Å². The van der Waals surface area contributed by atoms with Crippen LogP contribution in [0.2, 0.25) is 0 Å². The molecule has 1 aliphatic heterocycles. The summed E-state index contributed by atoms with van der Waals surface area (Å²) in [7, 11) is 0. The predicted octanol–water partition coefficient (Wildman–Crippen LogP) is 5.00. The lowest BCUT2D eigenvalue weighted by atomic mass is 10.1. The van der Waals surface area contributed by atoms with Gasteiger partial charge in [-0.1, -0.05) is 6.92 Å². The van der Waals surface area contributed by atoms with Crippen LogP contribution in [0.1, 0.15) is 34.4 Å². The van der Waals surface area contributed by atoms with E-state index in [0.29, 0.717) is 23.5 Å². The summed E-state index contributed by atoms with van der Waals surface area (Å²) in [4.78, 5) is 19.1. The molecule has 0 bridgehead atoms. The van der Waals surface area contributed by atoms with Gasteiger partial charge in [0.05, 0.1) is 16.3 Å². The summed E-state index contributed by atoms with van der Waals surface area (Å²) >= 11 is 2.84. The van der Waals surface area contributed by atoms with E-state index in [1.165, 1.54) is 34.1 Å². The minimum absolute atomic E-state index is 0.218. The molecule has 1 aromatic heterocycles. The minimum Gasteiger partial charge on any atom is -0.306 e. The Morgan fingerprint density at radius 3 is 2.75 bits per heavy atom. The van der Waals surface area contributed by atoms with E-state index < -0.39 is 11.7 Å². The molecule has 24 heavy (non-hydrogen) atoms. The number of halogens is 3. The predicted molar refractivity (Wildman–Crippen MR) is 89.9 cm³/mol. The van der Waals surface area contributed by atoms with Crippen LogP contribution in [-0.2, 0) is 6.18 Å². The number of rotatable bonds is 1. The molecule has 0 radical (unpaired) electrons. The van der Waals surface area contributed by atoms with Crippen molar-refractivity contribution in [2.75, 3.05) is 11.4 Å². The Labute approximate surface area is 145 Å². The van der Waals surface area contributed by atoms with Gasteiger partial charge in [0.25, 0.3) is 5.91 Å². The lowest BCUT2D eigenvalue weighted by Crippen LogP contribution is -2.32. The molecule has 0 aliphatic carbocycles. The fourth-order valence-electron chi connectivity index (χ4n) is 2.52. The molecular formula is C16H15F3N2OS2. The highest BCUT2D eigenvalue weighted by Gasteiger charge is 2.34. The standard InChI is InChI=1S/C16H15F3N2OS2/c1-9-5-6-21(15(22)12-8-23-10(2)20-12)13-7-11(16(17,18)19)3-4-14(13)24-9/h3-4,7-9H,5-6H2,1-2H3. The number of hydrogen-bond donors (Lipinski definition) is 0. The van der Waals surface area contributed by atoms with Crippen molar-refractivity contribution in [2.24, 2.45) is 0 Å². The summed E-state index contributed by atoms with van der Waals surface area (Å²) in [5, 5.41) is 2.61. The van der Waals surface area contributed by atoms with Crippen molar-refractivity contribution in [3.8, 4) is 0 Å². The number of thioether (sulfide) groups is 1. The van der Waals surface area contributed by atoms with E-state index in [9.17, 15) is 18.0 Å². The van der Waals surface area contributed by atoms with Gasteiger partial charge in [-0.3, -0.25) is 4.79 Å². The Bertz CT molecular complexity index is 773. The number of carbonyl (C=O) groups excluding carboxylic acids is 1. The fraction of sp³-hybridized carbons (Fsp3) is 0.375. The zero-order valence-electron chi connectivity index (χ0n) is 13.1. The molecule has 2 aromatic rings. The third-order valence-electron chi connectivity index (χ3n) is 3.75. The molecule has 0 saturated heterocycles. The molecular weight excluding hydrogens is 357 g/mol. The topological polar surface area (TPSA) is 33.2 Å². The van der Waals surface area contributed by atoms with Gasteiger partial charge in [0, 0.05) is 22.1 Å².